The zero-order valence-corrected chi connectivity index (χ0v) is 15.5. The molecule has 1 aliphatic rings. The van der Waals surface area contributed by atoms with Crippen molar-refractivity contribution in [3.8, 4) is 11.5 Å². The summed E-state index contributed by atoms with van der Waals surface area (Å²) in [5.41, 5.74) is 0.707. The van der Waals surface area contributed by atoms with E-state index in [4.69, 9.17) is 4.74 Å². The zero-order chi connectivity index (χ0) is 20.2. The zero-order valence-electron chi connectivity index (χ0n) is 15.5. The fraction of sp³-hybridized carbons (Fsp3) is 0.130. The van der Waals surface area contributed by atoms with Crippen LogP contribution in [0.4, 0.5) is 15.8 Å². The molecule has 0 aromatic heterocycles. The Hall–Kier alpha value is -3.67. The molecule has 3 aromatic rings. The quantitative estimate of drug-likeness (QED) is 0.692. The molecule has 146 valence electrons. The molecule has 1 unspecified atom stereocenters. The van der Waals surface area contributed by atoms with Crippen molar-refractivity contribution in [2.75, 3.05) is 16.8 Å². The minimum atomic E-state index is -0.577. The van der Waals surface area contributed by atoms with Gasteiger partial charge in [0.25, 0.3) is 0 Å². The second-order valence-corrected chi connectivity index (χ2v) is 6.76. The van der Waals surface area contributed by atoms with Crippen molar-refractivity contribution in [3.05, 3.63) is 84.7 Å². The molecule has 29 heavy (non-hydrogen) atoms. The third-order valence-corrected chi connectivity index (χ3v) is 4.76. The van der Waals surface area contributed by atoms with E-state index in [2.05, 4.69) is 5.32 Å². The Morgan fingerprint density at radius 2 is 1.66 bits per heavy atom. The summed E-state index contributed by atoms with van der Waals surface area (Å²) in [6, 6.07) is 22.4. The van der Waals surface area contributed by atoms with E-state index in [1.54, 1.807) is 30.3 Å². The van der Waals surface area contributed by atoms with Gasteiger partial charge in [-0.2, -0.15) is 0 Å². The van der Waals surface area contributed by atoms with Crippen molar-refractivity contribution in [1.82, 2.24) is 0 Å². The lowest BCUT2D eigenvalue weighted by Crippen LogP contribution is -2.28. The molecule has 2 amide bonds. The third-order valence-electron chi connectivity index (χ3n) is 4.76. The van der Waals surface area contributed by atoms with Crippen LogP contribution in [0.2, 0.25) is 0 Å². The number of carbonyl (C=O) groups is 2. The minimum absolute atomic E-state index is 0.0296. The molecular formula is C23H19FN2O3. The molecule has 1 atom stereocenters. The van der Waals surface area contributed by atoms with E-state index in [9.17, 15) is 14.0 Å². The molecule has 0 spiro atoms. The summed E-state index contributed by atoms with van der Waals surface area (Å²) in [6.45, 7) is 0.132. The summed E-state index contributed by atoms with van der Waals surface area (Å²) in [6.07, 6.45) is 0.0296. The summed E-state index contributed by atoms with van der Waals surface area (Å²) in [4.78, 5) is 26.5. The summed E-state index contributed by atoms with van der Waals surface area (Å²) in [5, 5.41) is 2.84. The highest BCUT2D eigenvalue weighted by atomic mass is 19.1. The number of halogens is 1. The first kappa shape index (κ1) is 18.7. The number of benzene rings is 3. The SMILES string of the molecule is O=C(Nc1ccccc1Oc1ccccc1)C1CC(=O)N(c2ccccc2F)C1. The summed E-state index contributed by atoms with van der Waals surface area (Å²) in [5.74, 6) is -0.487. The van der Waals surface area contributed by atoms with Crippen molar-refractivity contribution in [2.45, 2.75) is 6.42 Å². The van der Waals surface area contributed by atoms with E-state index in [0.717, 1.165) is 0 Å². The van der Waals surface area contributed by atoms with Crippen LogP contribution in [0, 0.1) is 11.7 Å². The molecule has 1 fully saturated rings. The first-order chi connectivity index (χ1) is 14.1. The number of hydrogen-bond acceptors (Lipinski definition) is 3. The molecule has 0 radical (unpaired) electrons. The van der Waals surface area contributed by atoms with Crippen LogP contribution in [0.15, 0.2) is 78.9 Å². The molecule has 1 aliphatic heterocycles. The average Bonchev–Trinajstić information content (AvgIpc) is 3.12. The van der Waals surface area contributed by atoms with Crippen LogP contribution in [0.25, 0.3) is 0 Å². The fourth-order valence-electron chi connectivity index (χ4n) is 3.30. The lowest BCUT2D eigenvalue weighted by Gasteiger charge is -2.18. The molecule has 0 bridgehead atoms. The van der Waals surface area contributed by atoms with Gasteiger partial charge in [0.05, 0.1) is 17.3 Å². The fourth-order valence-corrected chi connectivity index (χ4v) is 3.30. The molecule has 1 heterocycles. The molecule has 6 heteroatoms. The highest BCUT2D eigenvalue weighted by molar-refractivity contribution is 6.04. The van der Waals surface area contributed by atoms with Gasteiger partial charge >= 0.3 is 0 Å². The molecule has 0 aliphatic carbocycles. The number of para-hydroxylation sites is 4. The summed E-state index contributed by atoms with van der Waals surface area (Å²) in [7, 11) is 0. The van der Waals surface area contributed by atoms with Gasteiger partial charge in [0.1, 0.15) is 11.6 Å². The van der Waals surface area contributed by atoms with Gasteiger partial charge in [-0.3, -0.25) is 9.59 Å². The van der Waals surface area contributed by atoms with Gasteiger partial charge in [-0.25, -0.2) is 4.39 Å². The van der Waals surface area contributed by atoms with E-state index in [1.165, 1.54) is 17.0 Å². The standard InChI is InChI=1S/C23H19FN2O3/c24-18-10-4-6-12-20(18)26-15-16(14-22(26)27)23(28)25-19-11-5-7-13-21(19)29-17-8-2-1-3-9-17/h1-13,16H,14-15H2,(H,25,28). The molecular weight excluding hydrogens is 371 g/mol. The van der Waals surface area contributed by atoms with Crippen molar-refractivity contribution in [1.29, 1.82) is 0 Å². The Labute approximate surface area is 167 Å². The van der Waals surface area contributed by atoms with Crippen LogP contribution >= 0.6 is 0 Å². The van der Waals surface area contributed by atoms with E-state index < -0.39 is 11.7 Å². The highest BCUT2D eigenvalue weighted by Gasteiger charge is 2.36. The smallest absolute Gasteiger partial charge is 0.229 e. The second kappa shape index (κ2) is 8.14. The lowest BCUT2D eigenvalue weighted by molar-refractivity contribution is -0.122. The van der Waals surface area contributed by atoms with Gasteiger partial charge in [0.15, 0.2) is 5.75 Å². The number of ether oxygens (including phenoxy) is 1. The van der Waals surface area contributed by atoms with Gasteiger partial charge in [0.2, 0.25) is 11.8 Å². The van der Waals surface area contributed by atoms with E-state index >= 15 is 0 Å². The maximum Gasteiger partial charge on any atom is 0.229 e. The highest BCUT2D eigenvalue weighted by Crippen LogP contribution is 2.31. The Morgan fingerprint density at radius 3 is 2.45 bits per heavy atom. The van der Waals surface area contributed by atoms with Gasteiger partial charge in [-0.05, 0) is 36.4 Å². The second-order valence-electron chi connectivity index (χ2n) is 6.76. The van der Waals surface area contributed by atoms with Crippen LogP contribution in [-0.2, 0) is 9.59 Å². The number of amides is 2. The minimum Gasteiger partial charge on any atom is -0.455 e. The van der Waals surface area contributed by atoms with Gasteiger partial charge in [0, 0.05) is 13.0 Å². The number of nitrogens with one attached hydrogen (secondary N) is 1. The van der Waals surface area contributed by atoms with Crippen LogP contribution in [0.5, 0.6) is 11.5 Å². The van der Waals surface area contributed by atoms with E-state index in [0.29, 0.717) is 17.2 Å². The maximum absolute atomic E-state index is 14.0. The molecule has 1 N–H and O–H groups in total. The molecule has 1 saturated heterocycles. The summed E-state index contributed by atoms with van der Waals surface area (Å²) >= 11 is 0. The van der Waals surface area contributed by atoms with Gasteiger partial charge in [-0.1, -0.05) is 42.5 Å². The van der Waals surface area contributed by atoms with E-state index in [1.807, 2.05) is 36.4 Å². The Bertz CT molecular complexity index is 1040. The molecule has 5 nitrogen and oxygen atoms in total. The Morgan fingerprint density at radius 1 is 0.966 bits per heavy atom. The van der Waals surface area contributed by atoms with Crippen molar-refractivity contribution in [3.63, 3.8) is 0 Å². The number of hydrogen-bond donors (Lipinski definition) is 1. The predicted molar refractivity (Wildman–Crippen MR) is 108 cm³/mol. The van der Waals surface area contributed by atoms with Gasteiger partial charge in [-0.15, -0.1) is 0 Å². The van der Waals surface area contributed by atoms with Crippen LogP contribution < -0.4 is 15.0 Å². The van der Waals surface area contributed by atoms with Crippen LogP contribution in [-0.4, -0.2) is 18.4 Å². The topological polar surface area (TPSA) is 58.6 Å². The van der Waals surface area contributed by atoms with Crippen molar-refractivity contribution >= 4 is 23.2 Å². The monoisotopic (exact) mass is 390 g/mol. The first-order valence-corrected chi connectivity index (χ1v) is 9.29. The number of rotatable bonds is 5. The lowest BCUT2D eigenvalue weighted by atomic mass is 10.1. The number of nitrogens with zero attached hydrogens (tertiary/aromatic N) is 1. The number of anilines is 2. The normalized spacial score (nSPS) is 16.0. The predicted octanol–water partition coefficient (Wildman–Crippen LogP) is 4.61. The van der Waals surface area contributed by atoms with Crippen LogP contribution in [0.3, 0.4) is 0 Å². The average molecular weight is 390 g/mol. The Balaban J connectivity index is 1.48. The Kier molecular flexibility index (Phi) is 5.24. The van der Waals surface area contributed by atoms with Crippen molar-refractivity contribution < 1.29 is 18.7 Å². The van der Waals surface area contributed by atoms with Crippen LogP contribution in [0.1, 0.15) is 6.42 Å². The van der Waals surface area contributed by atoms with E-state index in [-0.39, 0.29) is 30.5 Å². The number of carbonyl (C=O) groups excluding carboxylic acids is 2. The summed E-state index contributed by atoms with van der Waals surface area (Å²) < 4.78 is 19.9. The maximum atomic E-state index is 14.0. The molecule has 3 aromatic carbocycles. The largest absolute Gasteiger partial charge is 0.455 e. The third kappa shape index (κ3) is 4.11. The first-order valence-electron chi connectivity index (χ1n) is 9.29. The van der Waals surface area contributed by atoms with Crippen molar-refractivity contribution in [2.24, 2.45) is 5.92 Å². The molecule has 0 saturated carbocycles. The molecule has 4 rings (SSSR count). The van der Waals surface area contributed by atoms with Gasteiger partial charge < -0.3 is 15.0 Å².